The number of nitrogens with zero attached hydrogens (tertiary/aromatic N) is 2. The van der Waals surface area contributed by atoms with Crippen LogP contribution in [0.1, 0.15) is 25.8 Å². The van der Waals surface area contributed by atoms with Crippen molar-refractivity contribution in [2.24, 2.45) is 0 Å². The second-order valence-electron chi connectivity index (χ2n) is 7.66. The summed E-state index contributed by atoms with van der Waals surface area (Å²) in [5.41, 5.74) is 2.45. The standard InChI is InChI=1S/C23H25N3O4S/c1-16-14-19-15-20(9-10-21(19)26(16)17(2)27)31(28,29)25-12-5-13-30-22-8-3-6-18-7-4-11-24-23(18)22/h3-4,6-11,15-16,25H,5,12-14H2,1-2H3. The molecule has 1 aliphatic rings. The highest BCUT2D eigenvalue weighted by atomic mass is 32.2. The molecule has 1 atom stereocenters. The predicted molar refractivity (Wildman–Crippen MR) is 120 cm³/mol. The molecule has 1 unspecified atom stereocenters. The second kappa shape index (κ2) is 8.64. The van der Waals surface area contributed by atoms with E-state index in [1.165, 1.54) is 6.92 Å². The minimum Gasteiger partial charge on any atom is -0.491 e. The number of hydrogen-bond acceptors (Lipinski definition) is 5. The third-order valence-corrected chi connectivity index (χ3v) is 6.84. The van der Waals surface area contributed by atoms with Crippen LogP contribution in [0.15, 0.2) is 59.6 Å². The van der Waals surface area contributed by atoms with Crippen LogP contribution in [0.5, 0.6) is 5.75 Å². The van der Waals surface area contributed by atoms with E-state index in [0.29, 0.717) is 25.2 Å². The quantitative estimate of drug-likeness (QED) is 0.571. The Labute approximate surface area is 182 Å². The van der Waals surface area contributed by atoms with Crippen LogP contribution in [0.2, 0.25) is 0 Å². The van der Waals surface area contributed by atoms with E-state index in [4.69, 9.17) is 4.74 Å². The van der Waals surface area contributed by atoms with Crippen LogP contribution in [-0.2, 0) is 21.2 Å². The van der Waals surface area contributed by atoms with Crippen LogP contribution in [-0.4, -0.2) is 38.5 Å². The Bertz CT molecular complexity index is 1220. The van der Waals surface area contributed by atoms with Gasteiger partial charge in [0.25, 0.3) is 0 Å². The van der Waals surface area contributed by atoms with Gasteiger partial charge in [-0.2, -0.15) is 0 Å². The number of nitrogens with one attached hydrogen (secondary N) is 1. The van der Waals surface area contributed by atoms with Crippen LogP contribution in [0.3, 0.4) is 0 Å². The second-order valence-corrected chi connectivity index (χ2v) is 9.43. The topological polar surface area (TPSA) is 88.6 Å². The molecule has 0 bridgehead atoms. The first-order chi connectivity index (χ1) is 14.9. The first-order valence-corrected chi connectivity index (χ1v) is 11.7. The van der Waals surface area contributed by atoms with Crippen molar-refractivity contribution in [1.82, 2.24) is 9.71 Å². The maximum atomic E-state index is 12.7. The number of fused-ring (bicyclic) bond motifs is 2. The Kier molecular flexibility index (Phi) is 5.93. The fourth-order valence-electron chi connectivity index (χ4n) is 3.99. The molecule has 162 valence electrons. The SMILES string of the molecule is CC(=O)N1c2ccc(S(=O)(=O)NCCCOc3cccc4cccnc34)cc2CC1C. The summed E-state index contributed by atoms with van der Waals surface area (Å²) in [4.78, 5) is 18.1. The van der Waals surface area contributed by atoms with E-state index in [2.05, 4.69) is 9.71 Å². The summed E-state index contributed by atoms with van der Waals surface area (Å²) in [5, 5.41) is 0.995. The van der Waals surface area contributed by atoms with E-state index >= 15 is 0 Å². The largest absolute Gasteiger partial charge is 0.491 e. The maximum absolute atomic E-state index is 12.7. The molecule has 2 aromatic carbocycles. The van der Waals surface area contributed by atoms with Gasteiger partial charge in [0.2, 0.25) is 15.9 Å². The molecule has 2 heterocycles. The molecule has 31 heavy (non-hydrogen) atoms. The number of amides is 1. The van der Waals surface area contributed by atoms with Crippen molar-refractivity contribution >= 4 is 32.5 Å². The average molecular weight is 440 g/mol. The molecule has 1 N–H and O–H groups in total. The van der Waals surface area contributed by atoms with E-state index in [0.717, 1.165) is 22.2 Å². The number of pyridine rings is 1. The molecule has 7 nitrogen and oxygen atoms in total. The van der Waals surface area contributed by atoms with Gasteiger partial charge >= 0.3 is 0 Å². The van der Waals surface area contributed by atoms with E-state index in [9.17, 15) is 13.2 Å². The molecule has 4 rings (SSSR count). The zero-order chi connectivity index (χ0) is 22.0. The third-order valence-electron chi connectivity index (χ3n) is 5.38. The number of benzene rings is 2. The van der Waals surface area contributed by atoms with Crippen molar-refractivity contribution < 1.29 is 17.9 Å². The molecule has 0 saturated carbocycles. The van der Waals surface area contributed by atoms with Gasteiger partial charge in [-0.05, 0) is 55.7 Å². The first-order valence-electron chi connectivity index (χ1n) is 10.3. The summed E-state index contributed by atoms with van der Waals surface area (Å²) < 4.78 is 33.8. The normalized spacial score (nSPS) is 15.8. The van der Waals surface area contributed by atoms with E-state index in [1.54, 1.807) is 29.3 Å². The van der Waals surface area contributed by atoms with Gasteiger partial charge in [-0.3, -0.25) is 9.78 Å². The summed E-state index contributed by atoms with van der Waals surface area (Å²) in [7, 11) is -3.64. The molecule has 1 aliphatic heterocycles. The van der Waals surface area contributed by atoms with Crippen LogP contribution in [0, 0.1) is 0 Å². The molecule has 0 fully saturated rings. The smallest absolute Gasteiger partial charge is 0.240 e. The molecular weight excluding hydrogens is 414 g/mol. The zero-order valence-electron chi connectivity index (χ0n) is 17.5. The number of carbonyl (C=O) groups excluding carboxylic acids is 1. The Hall–Kier alpha value is -2.97. The van der Waals surface area contributed by atoms with E-state index in [1.807, 2.05) is 37.3 Å². The zero-order valence-corrected chi connectivity index (χ0v) is 18.4. The van der Waals surface area contributed by atoms with Gasteiger partial charge in [-0.15, -0.1) is 0 Å². The van der Waals surface area contributed by atoms with Gasteiger partial charge < -0.3 is 9.64 Å². The average Bonchev–Trinajstić information content (AvgIpc) is 3.08. The first kappa shape index (κ1) is 21.3. The summed E-state index contributed by atoms with van der Waals surface area (Å²) in [5.74, 6) is 0.644. The number of hydrogen-bond donors (Lipinski definition) is 1. The minimum absolute atomic E-state index is 0.0270. The lowest BCUT2D eigenvalue weighted by Gasteiger charge is -2.20. The molecule has 0 saturated heterocycles. The van der Waals surface area contributed by atoms with Crippen molar-refractivity contribution in [2.75, 3.05) is 18.1 Å². The van der Waals surface area contributed by atoms with E-state index in [-0.39, 0.29) is 23.4 Å². The fourth-order valence-corrected chi connectivity index (χ4v) is 5.12. The molecule has 0 radical (unpaired) electrons. The van der Waals surface area contributed by atoms with Crippen LogP contribution in [0.4, 0.5) is 5.69 Å². The summed E-state index contributed by atoms with van der Waals surface area (Å²) in [6.07, 6.45) is 2.88. The van der Waals surface area contributed by atoms with Crippen molar-refractivity contribution in [3.8, 4) is 5.75 Å². The third kappa shape index (κ3) is 4.40. The van der Waals surface area contributed by atoms with Gasteiger partial charge in [0, 0.05) is 36.8 Å². The molecular formula is C23H25N3O4S. The van der Waals surface area contributed by atoms with Crippen LogP contribution < -0.4 is 14.4 Å². The highest BCUT2D eigenvalue weighted by molar-refractivity contribution is 7.89. The van der Waals surface area contributed by atoms with Crippen LogP contribution >= 0.6 is 0 Å². The molecule has 0 spiro atoms. The summed E-state index contributed by atoms with van der Waals surface area (Å²) in [6, 6.07) is 14.5. The van der Waals surface area contributed by atoms with Gasteiger partial charge in [0.05, 0.1) is 11.5 Å². The van der Waals surface area contributed by atoms with Crippen molar-refractivity contribution in [1.29, 1.82) is 0 Å². The maximum Gasteiger partial charge on any atom is 0.240 e. The van der Waals surface area contributed by atoms with Crippen molar-refractivity contribution in [2.45, 2.75) is 37.6 Å². The lowest BCUT2D eigenvalue weighted by atomic mass is 10.1. The van der Waals surface area contributed by atoms with Gasteiger partial charge in [0.15, 0.2) is 0 Å². The molecule has 0 aliphatic carbocycles. The number of ether oxygens (including phenoxy) is 1. The minimum atomic E-state index is -3.64. The van der Waals surface area contributed by atoms with Gasteiger partial charge in [0.1, 0.15) is 11.3 Å². The van der Waals surface area contributed by atoms with Gasteiger partial charge in [-0.1, -0.05) is 18.2 Å². The van der Waals surface area contributed by atoms with Crippen LogP contribution in [0.25, 0.3) is 10.9 Å². The Morgan fingerprint density at radius 2 is 2.03 bits per heavy atom. The number of aromatic nitrogens is 1. The predicted octanol–water partition coefficient (Wildman–Crippen LogP) is 3.28. The number of rotatable bonds is 7. The molecule has 1 aromatic heterocycles. The molecule has 1 amide bonds. The van der Waals surface area contributed by atoms with Crippen molar-refractivity contribution in [3.63, 3.8) is 0 Å². The number of para-hydroxylation sites is 1. The number of anilines is 1. The number of sulfonamides is 1. The fraction of sp³-hybridized carbons (Fsp3) is 0.304. The Morgan fingerprint density at radius 3 is 2.84 bits per heavy atom. The van der Waals surface area contributed by atoms with E-state index < -0.39 is 10.0 Å². The monoisotopic (exact) mass is 439 g/mol. The summed E-state index contributed by atoms with van der Waals surface area (Å²) in [6.45, 7) is 4.11. The lowest BCUT2D eigenvalue weighted by molar-refractivity contribution is -0.116. The Morgan fingerprint density at radius 1 is 1.23 bits per heavy atom. The molecule has 3 aromatic rings. The lowest BCUT2D eigenvalue weighted by Crippen LogP contribution is -2.33. The molecule has 8 heteroatoms. The highest BCUT2D eigenvalue weighted by Crippen LogP contribution is 2.33. The van der Waals surface area contributed by atoms with Crippen molar-refractivity contribution in [3.05, 3.63) is 60.3 Å². The highest BCUT2D eigenvalue weighted by Gasteiger charge is 2.30. The summed E-state index contributed by atoms with van der Waals surface area (Å²) >= 11 is 0. The van der Waals surface area contributed by atoms with Gasteiger partial charge in [-0.25, -0.2) is 13.1 Å². The Balaban J connectivity index is 1.35. The number of carbonyl (C=O) groups is 1.